The minimum atomic E-state index is 0.952. The molecule has 40 heavy (non-hydrogen) atoms. The number of hydrogen-bond acceptors (Lipinski definition) is 2. The van der Waals surface area contributed by atoms with Crippen molar-refractivity contribution in [1.29, 1.82) is 0 Å². The molecule has 0 unspecified atom stereocenters. The Morgan fingerprint density at radius 1 is 0.575 bits per heavy atom. The van der Waals surface area contributed by atoms with E-state index in [4.69, 9.17) is 9.97 Å². The molecule has 0 atom stereocenters. The van der Waals surface area contributed by atoms with Crippen molar-refractivity contribution in [2.75, 3.05) is 10.7 Å². The average molecular weight is 665 g/mol. The minimum absolute atomic E-state index is 0.952. The number of H-pyrrole nitrogens is 2. The zero-order valence-electron chi connectivity index (χ0n) is 24.6. The highest BCUT2D eigenvalue weighted by atomic mass is 79.9. The predicted octanol–water partition coefficient (Wildman–Crippen LogP) is 10.3. The second-order valence-electron chi connectivity index (χ2n) is 11.0. The maximum atomic E-state index is 5.25. The molecule has 0 amide bonds. The van der Waals surface area contributed by atoms with Crippen LogP contribution in [0.4, 0.5) is 0 Å². The minimum Gasteiger partial charge on any atom is -0.355 e. The summed E-state index contributed by atoms with van der Waals surface area (Å²) in [7, 11) is 0. The maximum absolute atomic E-state index is 5.25. The van der Waals surface area contributed by atoms with E-state index in [1.165, 1.54) is 50.1 Å². The molecule has 0 saturated heterocycles. The van der Waals surface area contributed by atoms with Crippen LogP contribution < -0.4 is 0 Å². The predicted molar refractivity (Wildman–Crippen MR) is 180 cm³/mol. The lowest BCUT2D eigenvalue weighted by Crippen LogP contribution is -1.89. The second kappa shape index (κ2) is 12.2. The second-order valence-corrected chi connectivity index (χ2v) is 12.5. The highest BCUT2D eigenvalue weighted by molar-refractivity contribution is 9.09. The van der Waals surface area contributed by atoms with Gasteiger partial charge in [-0.2, -0.15) is 0 Å². The van der Waals surface area contributed by atoms with Crippen LogP contribution in [-0.2, 0) is 12.8 Å². The van der Waals surface area contributed by atoms with Crippen LogP contribution in [0.5, 0.6) is 0 Å². The molecule has 6 heteroatoms. The van der Waals surface area contributed by atoms with Crippen LogP contribution in [0.2, 0.25) is 0 Å². The van der Waals surface area contributed by atoms with Gasteiger partial charge in [-0.25, -0.2) is 9.97 Å². The summed E-state index contributed by atoms with van der Waals surface area (Å²) in [4.78, 5) is 18.0. The third-order valence-electron chi connectivity index (χ3n) is 8.63. The molecule has 0 saturated carbocycles. The van der Waals surface area contributed by atoms with Gasteiger partial charge in [0.2, 0.25) is 0 Å². The van der Waals surface area contributed by atoms with Gasteiger partial charge in [0.1, 0.15) is 0 Å². The number of aromatic nitrogens is 4. The van der Waals surface area contributed by atoms with Crippen molar-refractivity contribution in [3.63, 3.8) is 0 Å². The third kappa shape index (κ3) is 5.30. The number of aromatic amines is 2. The Morgan fingerprint density at radius 2 is 1.05 bits per heavy atom. The number of nitrogens with zero attached hydrogens (tertiary/aromatic N) is 2. The molecule has 2 N–H and O–H groups in total. The topological polar surface area (TPSA) is 57.4 Å². The van der Waals surface area contributed by atoms with Crippen LogP contribution in [0.25, 0.3) is 44.4 Å². The number of hydrogen-bond donors (Lipinski definition) is 2. The highest BCUT2D eigenvalue weighted by Crippen LogP contribution is 2.37. The van der Waals surface area contributed by atoms with Crippen LogP contribution in [0, 0.1) is 13.8 Å². The van der Waals surface area contributed by atoms with Crippen molar-refractivity contribution in [2.24, 2.45) is 0 Å². The molecule has 0 radical (unpaired) electrons. The fraction of sp³-hybridized carbons (Fsp3) is 0.412. The quantitative estimate of drug-likeness (QED) is 0.236. The van der Waals surface area contributed by atoms with E-state index in [0.717, 1.165) is 88.5 Å². The zero-order valence-corrected chi connectivity index (χ0v) is 27.8. The van der Waals surface area contributed by atoms with E-state index in [-0.39, 0.29) is 0 Å². The first-order valence-corrected chi connectivity index (χ1v) is 16.8. The molecule has 8 bridgehead atoms. The molecule has 210 valence electrons. The fourth-order valence-electron chi connectivity index (χ4n) is 6.24. The lowest BCUT2D eigenvalue weighted by molar-refractivity contribution is 0.942. The van der Waals surface area contributed by atoms with Crippen LogP contribution >= 0.6 is 31.9 Å². The van der Waals surface area contributed by atoms with Crippen molar-refractivity contribution in [2.45, 2.75) is 80.1 Å². The molecule has 0 spiro atoms. The number of allylic oxidation sites excluding steroid dienone is 4. The number of rotatable bonds is 8. The van der Waals surface area contributed by atoms with Gasteiger partial charge in [-0.1, -0.05) is 45.7 Å². The maximum Gasteiger partial charge on any atom is 0.0693 e. The summed E-state index contributed by atoms with van der Waals surface area (Å²) in [5.41, 5.74) is 19.4. The molecule has 0 aliphatic carbocycles. The van der Waals surface area contributed by atoms with Gasteiger partial charge in [0.15, 0.2) is 0 Å². The summed E-state index contributed by atoms with van der Waals surface area (Å²) in [6.45, 7) is 13.4. The number of fused-ring (bicyclic) bond motifs is 8. The van der Waals surface area contributed by atoms with Gasteiger partial charge >= 0.3 is 0 Å². The molecule has 2 aliphatic rings. The van der Waals surface area contributed by atoms with Gasteiger partial charge in [-0.15, -0.1) is 0 Å². The van der Waals surface area contributed by atoms with E-state index in [2.05, 4.69) is 108 Å². The summed E-state index contributed by atoms with van der Waals surface area (Å²) in [6.07, 6.45) is 6.10. The number of nitrogens with one attached hydrogen (secondary N) is 2. The van der Waals surface area contributed by atoms with Gasteiger partial charge in [0.25, 0.3) is 0 Å². The fourth-order valence-corrected chi connectivity index (χ4v) is 6.80. The van der Waals surface area contributed by atoms with E-state index in [9.17, 15) is 0 Å². The normalized spacial score (nSPS) is 13.6. The Bertz CT molecular complexity index is 1680. The molecular weight excluding hydrogens is 624 g/mol. The third-order valence-corrected chi connectivity index (χ3v) is 9.75. The first kappa shape index (κ1) is 29.1. The van der Waals surface area contributed by atoms with Crippen molar-refractivity contribution < 1.29 is 0 Å². The van der Waals surface area contributed by atoms with Crippen LogP contribution in [-0.4, -0.2) is 30.6 Å². The van der Waals surface area contributed by atoms with Crippen molar-refractivity contribution in [1.82, 2.24) is 19.9 Å². The van der Waals surface area contributed by atoms with E-state index < -0.39 is 0 Å². The smallest absolute Gasteiger partial charge is 0.0693 e. The van der Waals surface area contributed by atoms with E-state index in [1.807, 2.05) is 0 Å². The zero-order chi connectivity index (χ0) is 28.6. The van der Waals surface area contributed by atoms with Gasteiger partial charge < -0.3 is 9.97 Å². The summed E-state index contributed by atoms with van der Waals surface area (Å²) >= 11 is 7.30. The van der Waals surface area contributed by atoms with Gasteiger partial charge in [-0.3, -0.25) is 0 Å². The number of alkyl halides is 2. The van der Waals surface area contributed by atoms with E-state index in [1.54, 1.807) is 0 Å². The first-order valence-electron chi connectivity index (χ1n) is 14.6. The van der Waals surface area contributed by atoms with Gasteiger partial charge in [0.05, 0.1) is 22.8 Å². The Morgan fingerprint density at radius 3 is 1.65 bits per heavy atom. The summed E-state index contributed by atoms with van der Waals surface area (Å²) in [5.74, 6) is 0. The Hall–Kier alpha value is -2.44. The lowest BCUT2D eigenvalue weighted by Gasteiger charge is -2.03. The van der Waals surface area contributed by atoms with Gasteiger partial charge in [-0.05, 0) is 135 Å². The monoisotopic (exact) mass is 662 g/mol. The number of aryl methyl sites for hydroxylation is 4. The Balaban J connectivity index is 1.94. The van der Waals surface area contributed by atoms with Crippen molar-refractivity contribution >= 4 is 76.2 Å². The first-order chi connectivity index (χ1) is 19.3. The molecule has 4 nitrogen and oxygen atoms in total. The van der Waals surface area contributed by atoms with E-state index in [0.29, 0.717) is 0 Å². The molecular formula is C34H40Br2N4. The molecule has 2 aliphatic heterocycles. The summed E-state index contributed by atoms with van der Waals surface area (Å²) in [5, 5.41) is 1.97. The molecule has 3 aromatic rings. The van der Waals surface area contributed by atoms with Crippen molar-refractivity contribution in [3.8, 4) is 0 Å². The standard InChI is InChI=1S/C34H40Br2N4/c1-7-23-19(3)27-15-28-21(5)25(11-9-13-35)33(39-28)18-34-26(12-10-14-36)22(6)30(40-34)17-32-24(8-2)20(4)29(38-32)16-31(23)37-27/h15-18,37,40H,7-14H2,1-6H3. The average Bonchev–Trinajstić information content (AvgIpc) is 3.59. The highest BCUT2D eigenvalue weighted by Gasteiger charge is 2.20. The van der Waals surface area contributed by atoms with Crippen LogP contribution in [0.1, 0.15) is 98.4 Å². The van der Waals surface area contributed by atoms with Crippen molar-refractivity contribution in [3.05, 3.63) is 69.3 Å². The molecule has 5 rings (SSSR count). The Labute approximate surface area is 255 Å². The molecule has 0 aromatic carbocycles. The SMILES string of the molecule is CCC1=C(C)c2cc3[nH]c(cc4nc(cc5[nH]c(cc1n2)c(C)c5CCCBr)C(CCCBr)=C4C)c(C)c3CC. The van der Waals surface area contributed by atoms with E-state index >= 15 is 0 Å². The Kier molecular flexibility index (Phi) is 8.86. The lowest BCUT2D eigenvalue weighted by atomic mass is 10.0. The van der Waals surface area contributed by atoms with Gasteiger partial charge in [0, 0.05) is 32.7 Å². The molecule has 5 heterocycles. The van der Waals surface area contributed by atoms with Crippen LogP contribution in [0.15, 0.2) is 24.3 Å². The summed E-state index contributed by atoms with van der Waals surface area (Å²) < 4.78 is 0. The number of halogens is 2. The largest absolute Gasteiger partial charge is 0.355 e. The van der Waals surface area contributed by atoms with Crippen LogP contribution in [0.3, 0.4) is 0 Å². The molecule has 3 aromatic heterocycles. The summed E-state index contributed by atoms with van der Waals surface area (Å²) in [6, 6.07) is 9.06. The molecule has 0 fully saturated rings.